The third kappa shape index (κ3) is 10.2. The summed E-state index contributed by atoms with van der Waals surface area (Å²) in [5, 5.41) is 0. The predicted molar refractivity (Wildman–Crippen MR) is 78.4 cm³/mol. The highest BCUT2D eigenvalue weighted by Gasteiger charge is 2.32. The molecule has 0 saturated heterocycles. The number of alkyl halides is 3. The van der Waals surface area contributed by atoms with Gasteiger partial charge in [0.2, 0.25) is 5.91 Å². The number of allylic oxidation sites excluding steroid dienone is 1. The average Bonchev–Trinajstić information content (AvgIpc) is 2.30. The van der Waals surface area contributed by atoms with E-state index in [2.05, 4.69) is 33.2 Å². The van der Waals surface area contributed by atoms with Crippen molar-refractivity contribution in [2.45, 2.75) is 58.5 Å². The van der Waals surface area contributed by atoms with Crippen molar-refractivity contribution in [3.63, 3.8) is 0 Å². The summed E-state index contributed by atoms with van der Waals surface area (Å²) in [6.07, 6.45) is -1.36. The number of carbonyl (C=O) groups excluding carboxylic acids is 1. The minimum atomic E-state index is -4.46. The molecule has 0 aliphatic carbocycles. The Labute approximate surface area is 125 Å². The van der Waals surface area contributed by atoms with Gasteiger partial charge >= 0.3 is 6.18 Å². The molecule has 0 aromatic carbocycles. The Hall–Kier alpha value is -0.650. The minimum Gasteiger partial charge on any atom is -0.289 e. The van der Waals surface area contributed by atoms with Gasteiger partial charge in [0.15, 0.2) is 0 Å². The van der Waals surface area contributed by atoms with E-state index in [0.717, 1.165) is 30.0 Å². The molecule has 0 bridgehead atoms. The molecule has 6 heteroatoms. The Morgan fingerprint density at radius 2 is 1.75 bits per heavy atom. The highest BCUT2D eigenvalue weighted by atomic mass is 32.1. The van der Waals surface area contributed by atoms with Gasteiger partial charge in [-0.3, -0.25) is 9.10 Å². The highest BCUT2D eigenvalue weighted by Crippen LogP contribution is 2.21. The summed E-state index contributed by atoms with van der Waals surface area (Å²) in [7, 11) is 0. The summed E-state index contributed by atoms with van der Waals surface area (Å²) in [5.74, 6) is -0.503. The maximum Gasteiger partial charge on any atom is 0.397 e. The van der Waals surface area contributed by atoms with Gasteiger partial charge in [0, 0.05) is 6.54 Å². The maximum absolute atomic E-state index is 12.0. The van der Waals surface area contributed by atoms with Gasteiger partial charge in [-0.15, -0.1) is 0 Å². The molecule has 20 heavy (non-hydrogen) atoms. The lowest BCUT2D eigenvalue weighted by atomic mass is 9.99. The van der Waals surface area contributed by atoms with Gasteiger partial charge < -0.3 is 0 Å². The Morgan fingerprint density at radius 1 is 1.20 bits per heavy atom. The van der Waals surface area contributed by atoms with Crippen LogP contribution in [0.3, 0.4) is 0 Å². The fourth-order valence-electron chi connectivity index (χ4n) is 1.64. The van der Waals surface area contributed by atoms with Gasteiger partial charge in [0.1, 0.15) is 6.42 Å². The molecular formula is C14H24F3NOS. The van der Waals surface area contributed by atoms with E-state index in [1.54, 1.807) is 0 Å². The second-order valence-electron chi connectivity index (χ2n) is 5.29. The van der Waals surface area contributed by atoms with Crippen LogP contribution in [0.2, 0.25) is 0 Å². The van der Waals surface area contributed by atoms with Crippen molar-refractivity contribution >= 4 is 18.7 Å². The molecule has 0 aromatic rings. The molecule has 0 aromatic heterocycles. The number of rotatable bonds is 9. The van der Waals surface area contributed by atoms with Crippen LogP contribution in [0, 0.1) is 5.92 Å². The molecule has 0 atom stereocenters. The summed E-state index contributed by atoms with van der Waals surface area (Å²) in [5.41, 5.74) is 1.22. The first-order valence-electron chi connectivity index (χ1n) is 6.87. The Morgan fingerprint density at radius 3 is 2.25 bits per heavy atom. The minimum absolute atomic E-state index is 0.253. The van der Waals surface area contributed by atoms with Crippen molar-refractivity contribution in [3.05, 3.63) is 12.2 Å². The van der Waals surface area contributed by atoms with Crippen molar-refractivity contribution in [1.29, 1.82) is 0 Å². The molecule has 118 valence electrons. The molecule has 1 amide bonds. The molecule has 0 unspecified atom stereocenters. The largest absolute Gasteiger partial charge is 0.397 e. The normalized spacial score (nSPS) is 11.8. The van der Waals surface area contributed by atoms with Crippen molar-refractivity contribution in [2.75, 3.05) is 6.54 Å². The molecular weight excluding hydrogens is 287 g/mol. The number of hydrogen-bond donors (Lipinski definition) is 1. The second-order valence-corrected chi connectivity index (χ2v) is 5.77. The lowest BCUT2D eigenvalue weighted by Gasteiger charge is -2.16. The topological polar surface area (TPSA) is 20.3 Å². The summed E-state index contributed by atoms with van der Waals surface area (Å²) < 4.78 is 36.9. The van der Waals surface area contributed by atoms with Crippen LogP contribution in [0.25, 0.3) is 0 Å². The SMILES string of the molecule is C=C(CCCCCCN(S)C(=O)CC(F)(F)F)C(C)C. The van der Waals surface area contributed by atoms with Gasteiger partial charge in [0.25, 0.3) is 0 Å². The second kappa shape index (κ2) is 9.32. The van der Waals surface area contributed by atoms with E-state index in [0.29, 0.717) is 12.3 Å². The molecule has 0 radical (unpaired) electrons. The highest BCUT2D eigenvalue weighted by molar-refractivity contribution is 7.78. The van der Waals surface area contributed by atoms with Crippen LogP contribution in [-0.4, -0.2) is 22.9 Å². The predicted octanol–water partition coefficient (Wildman–Crippen LogP) is 4.77. The zero-order chi connectivity index (χ0) is 15.8. The number of nitrogens with zero attached hydrogens (tertiary/aromatic N) is 1. The first-order valence-corrected chi connectivity index (χ1v) is 7.27. The van der Waals surface area contributed by atoms with Crippen molar-refractivity contribution in [2.24, 2.45) is 5.92 Å². The quantitative estimate of drug-likeness (QED) is 0.369. The number of thiol groups is 1. The van der Waals surface area contributed by atoms with E-state index in [9.17, 15) is 18.0 Å². The summed E-state index contributed by atoms with van der Waals surface area (Å²) in [6, 6.07) is 0. The van der Waals surface area contributed by atoms with Gasteiger partial charge in [-0.25, -0.2) is 0 Å². The Bertz CT molecular complexity index is 316. The number of unbranched alkanes of at least 4 members (excludes halogenated alkanes) is 3. The van der Waals surface area contributed by atoms with E-state index in [1.165, 1.54) is 5.57 Å². The first kappa shape index (κ1) is 19.4. The first-order chi connectivity index (χ1) is 9.13. The van der Waals surface area contributed by atoms with Gasteiger partial charge in [-0.05, 0) is 25.2 Å². The average molecular weight is 311 g/mol. The third-order valence-electron chi connectivity index (χ3n) is 3.07. The summed E-state index contributed by atoms with van der Waals surface area (Å²) >= 11 is 3.79. The summed E-state index contributed by atoms with van der Waals surface area (Å²) in [6.45, 7) is 8.45. The molecule has 0 saturated carbocycles. The molecule has 0 rings (SSSR count). The maximum atomic E-state index is 12.0. The molecule has 0 heterocycles. The molecule has 2 nitrogen and oxygen atoms in total. The Balaban J connectivity index is 3.65. The lowest BCUT2D eigenvalue weighted by Crippen LogP contribution is -2.27. The standard InChI is InChI=1S/C14H24F3NOS/c1-11(2)12(3)8-6-4-5-7-9-18(20)13(19)10-14(15,16)17/h11,20H,3-10H2,1-2H3. The number of amides is 1. The molecule has 0 fully saturated rings. The molecule has 0 N–H and O–H groups in total. The van der Waals surface area contributed by atoms with Crippen LogP contribution in [0.1, 0.15) is 52.4 Å². The van der Waals surface area contributed by atoms with Crippen molar-refractivity contribution in [1.82, 2.24) is 4.31 Å². The number of halogens is 3. The fourth-order valence-corrected chi connectivity index (χ4v) is 1.86. The fraction of sp³-hybridized carbons (Fsp3) is 0.786. The number of hydrogen-bond acceptors (Lipinski definition) is 2. The number of carbonyl (C=O) groups is 1. The zero-order valence-electron chi connectivity index (χ0n) is 12.2. The monoisotopic (exact) mass is 311 g/mol. The van der Waals surface area contributed by atoms with Gasteiger partial charge in [-0.2, -0.15) is 13.2 Å². The van der Waals surface area contributed by atoms with Crippen LogP contribution in [0.4, 0.5) is 13.2 Å². The molecule has 0 aliphatic rings. The van der Waals surface area contributed by atoms with Crippen LogP contribution in [0.5, 0.6) is 0 Å². The van der Waals surface area contributed by atoms with Crippen LogP contribution >= 0.6 is 12.8 Å². The Kier molecular flexibility index (Phi) is 9.01. The zero-order valence-corrected chi connectivity index (χ0v) is 13.1. The third-order valence-corrected chi connectivity index (χ3v) is 3.50. The van der Waals surface area contributed by atoms with Crippen LogP contribution < -0.4 is 0 Å². The van der Waals surface area contributed by atoms with E-state index in [1.807, 2.05) is 0 Å². The van der Waals surface area contributed by atoms with Crippen molar-refractivity contribution < 1.29 is 18.0 Å². The van der Waals surface area contributed by atoms with E-state index >= 15 is 0 Å². The van der Waals surface area contributed by atoms with Crippen LogP contribution in [-0.2, 0) is 4.79 Å². The smallest absolute Gasteiger partial charge is 0.289 e. The molecule has 0 aliphatic heterocycles. The van der Waals surface area contributed by atoms with Gasteiger partial charge in [-0.1, -0.05) is 51.7 Å². The summed E-state index contributed by atoms with van der Waals surface area (Å²) in [4.78, 5) is 11.2. The van der Waals surface area contributed by atoms with E-state index in [4.69, 9.17) is 0 Å². The van der Waals surface area contributed by atoms with E-state index < -0.39 is 18.5 Å². The van der Waals surface area contributed by atoms with E-state index in [-0.39, 0.29) is 6.54 Å². The van der Waals surface area contributed by atoms with Gasteiger partial charge in [0.05, 0.1) is 0 Å². The van der Waals surface area contributed by atoms with Crippen LogP contribution in [0.15, 0.2) is 12.2 Å². The lowest BCUT2D eigenvalue weighted by molar-refractivity contribution is -0.157. The van der Waals surface area contributed by atoms with Crippen molar-refractivity contribution in [3.8, 4) is 0 Å². The molecule has 0 spiro atoms.